The molecule has 0 N–H and O–H groups in total. The van der Waals surface area contributed by atoms with Crippen molar-refractivity contribution in [2.24, 2.45) is 0 Å². The fraction of sp³-hybridized carbons (Fsp3) is 0.556. The third kappa shape index (κ3) is 3.47. The van der Waals surface area contributed by atoms with E-state index in [1.165, 1.54) is 37.8 Å². The highest BCUT2D eigenvalue weighted by Crippen LogP contribution is 2.29. The van der Waals surface area contributed by atoms with E-state index in [4.69, 9.17) is 4.84 Å². The highest BCUT2D eigenvalue weighted by atomic mass is 16.7. The van der Waals surface area contributed by atoms with Crippen LogP contribution in [0.5, 0.6) is 0 Å². The summed E-state index contributed by atoms with van der Waals surface area (Å²) in [5.41, 5.74) is 1.37. The summed E-state index contributed by atoms with van der Waals surface area (Å²) in [6.45, 7) is 2.06. The van der Waals surface area contributed by atoms with E-state index in [1.54, 1.807) is 7.11 Å². The molecule has 3 heteroatoms. The first-order chi connectivity index (χ1) is 10.4. The lowest BCUT2D eigenvalue weighted by molar-refractivity contribution is -0.143. The van der Waals surface area contributed by atoms with Gasteiger partial charge in [-0.1, -0.05) is 30.4 Å². The van der Waals surface area contributed by atoms with Gasteiger partial charge in [0.15, 0.2) is 0 Å². The van der Waals surface area contributed by atoms with E-state index in [1.807, 2.05) is 0 Å². The zero-order valence-corrected chi connectivity index (χ0v) is 12.9. The van der Waals surface area contributed by atoms with Crippen LogP contribution >= 0.6 is 0 Å². The van der Waals surface area contributed by atoms with Crippen molar-refractivity contribution in [2.45, 2.75) is 44.2 Å². The van der Waals surface area contributed by atoms with Crippen LogP contribution in [-0.4, -0.2) is 37.3 Å². The van der Waals surface area contributed by atoms with Crippen molar-refractivity contribution in [3.63, 3.8) is 0 Å². The molecule has 1 atom stereocenters. The number of hydrogen-bond donors (Lipinski definition) is 0. The van der Waals surface area contributed by atoms with Gasteiger partial charge in [0.25, 0.3) is 0 Å². The van der Waals surface area contributed by atoms with Crippen LogP contribution in [0.2, 0.25) is 0 Å². The molecule has 1 saturated heterocycles. The molecule has 1 aromatic rings. The van der Waals surface area contributed by atoms with Crippen LogP contribution in [-0.2, 0) is 4.84 Å². The molecule has 0 bridgehead atoms. The van der Waals surface area contributed by atoms with Gasteiger partial charge in [-0.2, -0.15) is 5.06 Å². The SMILES string of the molecule is CON1CCC(N(c2ccccc2)C2C=CCCC2)CC1. The summed E-state index contributed by atoms with van der Waals surface area (Å²) >= 11 is 0. The van der Waals surface area contributed by atoms with Gasteiger partial charge >= 0.3 is 0 Å². The number of para-hydroxylation sites is 1. The Bertz CT molecular complexity index is 452. The Morgan fingerprint density at radius 3 is 2.48 bits per heavy atom. The summed E-state index contributed by atoms with van der Waals surface area (Å²) in [4.78, 5) is 8.03. The summed E-state index contributed by atoms with van der Waals surface area (Å²) < 4.78 is 0. The summed E-state index contributed by atoms with van der Waals surface area (Å²) in [7, 11) is 1.78. The third-order valence-corrected chi connectivity index (χ3v) is 4.72. The number of hydroxylamine groups is 2. The maximum absolute atomic E-state index is 5.37. The van der Waals surface area contributed by atoms with Crippen molar-refractivity contribution in [2.75, 3.05) is 25.1 Å². The smallest absolute Gasteiger partial charge is 0.0575 e. The number of benzene rings is 1. The molecule has 3 rings (SSSR count). The van der Waals surface area contributed by atoms with Gasteiger partial charge in [0.1, 0.15) is 0 Å². The van der Waals surface area contributed by atoms with Crippen molar-refractivity contribution >= 4 is 5.69 Å². The average Bonchev–Trinajstić information content (AvgIpc) is 2.58. The van der Waals surface area contributed by atoms with Crippen LogP contribution in [0.25, 0.3) is 0 Å². The Morgan fingerprint density at radius 2 is 1.86 bits per heavy atom. The number of allylic oxidation sites excluding steroid dienone is 1. The van der Waals surface area contributed by atoms with Gasteiger partial charge in [0, 0.05) is 30.9 Å². The minimum absolute atomic E-state index is 0.556. The Kier molecular flexibility index (Phi) is 4.94. The fourth-order valence-electron chi connectivity index (χ4n) is 3.60. The lowest BCUT2D eigenvalue weighted by Crippen LogP contribution is -2.49. The first kappa shape index (κ1) is 14.6. The average molecular weight is 286 g/mol. The van der Waals surface area contributed by atoms with E-state index < -0.39 is 0 Å². The fourth-order valence-corrected chi connectivity index (χ4v) is 3.60. The minimum Gasteiger partial charge on any atom is -0.362 e. The van der Waals surface area contributed by atoms with Gasteiger partial charge in [0.05, 0.1) is 7.11 Å². The maximum Gasteiger partial charge on any atom is 0.0575 e. The number of nitrogens with zero attached hydrogens (tertiary/aromatic N) is 2. The van der Waals surface area contributed by atoms with Gasteiger partial charge in [-0.3, -0.25) is 0 Å². The van der Waals surface area contributed by atoms with Crippen LogP contribution in [0.3, 0.4) is 0 Å². The second-order valence-corrected chi connectivity index (χ2v) is 6.01. The summed E-state index contributed by atoms with van der Waals surface area (Å²) in [6.07, 6.45) is 10.9. The minimum atomic E-state index is 0.556. The Labute approximate surface area is 128 Å². The normalized spacial score (nSPS) is 24.1. The molecular formula is C18H26N2O. The van der Waals surface area contributed by atoms with Crippen molar-refractivity contribution < 1.29 is 4.84 Å². The summed E-state index contributed by atoms with van der Waals surface area (Å²) in [5, 5.41) is 2.08. The van der Waals surface area contributed by atoms with Crippen molar-refractivity contribution in [3.8, 4) is 0 Å². The molecule has 0 radical (unpaired) electrons. The number of piperidine rings is 1. The highest BCUT2D eigenvalue weighted by Gasteiger charge is 2.29. The Morgan fingerprint density at radius 1 is 1.10 bits per heavy atom. The predicted octanol–water partition coefficient (Wildman–Crippen LogP) is 3.63. The number of anilines is 1. The molecule has 21 heavy (non-hydrogen) atoms. The molecular weight excluding hydrogens is 260 g/mol. The van der Waals surface area contributed by atoms with E-state index in [-0.39, 0.29) is 0 Å². The zero-order chi connectivity index (χ0) is 14.5. The lowest BCUT2D eigenvalue weighted by Gasteiger charge is -2.43. The van der Waals surface area contributed by atoms with Crippen molar-refractivity contribution in [1.29, 1.82) is 0 Å². The molecule has 114 valence electrons. The molecule has 3 nitrogen and oxygen atoms in total. The van der Waals surface area contributed by atoms with Crippen LogP contribution in [0, 0.1) is 0 Å². The topological polar surface area (TPSA) is 15.7 Å². The molecule has 0 saturated carbocycles. The molecule has 1 heterocycles. The van der Waals surface area contributed by atoms with Gasteiger partial charge < -0.3 is 9.74 Å². The van der Waals surface area contributed by atoms with E-state index >= 15 is 0 Å². The zero-order valence-electron chi connectivity index (χ0n) is 12.9. The standard InChI is InChI=1S/C18H26N2O/c1-21-19-14-12-18(13-15-19)20(16-8-4-2-5-9-16)17-10-6-3-7-11-17/h2,4-6,8-10,17-18H,3,7,11-15H2,1H3. The molecule has 1 unspecified atom stereocenters. The molecule has 1 aliphatic carbocycles. The van der Waals surface area contributed by atoms with E-state index in [0.29, 0.717) is 12.1 Å². The van der Waals surface area contributed by atoms with Gasteiger partial charge in [0.2, 0.25) is 0 Å². The molecule has 1 fully saturated rings. The first-order valence-electron chi connectivity index (χ1n) is 8.17. The highest BCUT2D eigenvalue weighted by molar-refractivity contribution is 5.49. The molecule has 0 amide bonds. The molecule has 0 spiro atoms. The number of rotatable bonds is 4. The largest absolute Gasteiger partial charge is 0.362 e. The van der Waals surface area contributed by atoms with Crippen LogP contribution in [0.1, 0.15) is 32.1 Å². The van der Waals surface area contributed by atoms with Crippen LogP contribution in [0.4, 0.5) is 5.69 Å². The predicted molar refractivity (Wildman–Crippen MR) is 87.3 cm³/mol. The lowest BCUT2D eigenvalue weighted by atomic mass is 9.95. The summed E-state index contributed by atoms with van der Waals surface area (Å²) in [6, 6.07) is 12.1. The quantitative estimate of drug-likeness (QED) is 0.786. The number of hydrogen-bond acceptors (Lipinski definition) is 3. The van der Waals surface area contributed by atoms with Gasteiger partial charge in [-0.25, -0.2) is 0 Å². The molecule has 0 aromatic heterocycles. The monoisotopic (exact) mass is 286 g/mol. The third-order valence-electron chi connectivity index (χ3n) is 4.72. The maximum atomic E-state index is 5.37. The van der Waals surface area contributed by atoms with Crippen LogP contribution < -0.4 is 4.90 Å². The van der Waals surface area contributed by atoms with Gasteiger partial charge in [-0.15, -0.1) is 0 Å². The van der Waals surface area contributed by atoms with Crippen LogP contribution in [0.15, 0.2) is 42.5 Å². The second-order valence-electron chi connectivity index (χ2n) is 6.01. The van der Waals surface area contributed by atoms with E-state index in [0.717, 1.165) is 13.1 Å². The van der Waals surface area contributed by atoms with Crippen molar-refractivity contribution in [3.05, 3.63) is 42.5 Å². The van der Waals surface area contributed by atoms with Crippen molar-refractivity contribution in [1.82, 2.24) is 5.06 Å². The molecule has 1 aliphatic heterocycles. The van der Waals surface area contributed by atoms with Gasteiger partial charge in [-0.05, 0) is 44.2 Å². The van der Waals surface area contributed by atoms with E-state index in [9.17, 15) is 0 Å². The molecule has 1 aromatic carbocycles. The summed E-state index contributed by atoms with van der Waals surface area (Å²) in [5.74, 6) is 0. The molecule has 2 aliphatic rings. The Balaban J connectivity index is 1.79. The first-order valence-corrected chi connectivity index (χ1v) is 8.17. The van der Waals surface area contributed by atoms with E-state index in [2.05, 4.69) is 52.4 Å². The second kappa shape index (κ2) is 7.10. The Hall–Kier alpha value is -1.32.